The van der Waals surface area contributed by atoms with Gasteiger partial charge in [-0.05, 0) is 24.3 Å². The second-order valence-corrected chi connectivity index (χ2v) is 3.51. The van der Waals surface area contributed by atoms with Crippen LogP contribution < -0.4 is 15.2 Å². The van der Waals surface area contributed by atoms with E-state index in [4.69, 9.17) is 15.2 Å². The van der Waals surface area contributed by atoms with Gasteiger partial charge in [0.15, 0.2) is 0 Å². The molecule has 0 saturated carbocycles. The first-order valence-electron chi connectivity index (χ1n) is 5.19. The van der Waals surface area contributed by atoms with Crippen molar-refractivity contribution in [3.63, 3.8) is 0 Å². The summed E-state index contributed by atoms with van der Waals surface area (Å²) in [5, 5.41) is 0. The van der Waals surface area contributed by atoms with Crippen LogP contribution in [0.2, 0.25) is 0 Å². The normalized spacial score (nSPS) is 10.0. The third kappa shape index (κ3) is 2.15. The van der Waals surface area contributed by atoms with Crippen LogP contribution in [0.25, 0.3) is 11.1 Å². The van der Waals surface area contributed by atoms with E-state index in [0.717, 1.165) is 22.6 Å². The lowest BCUT2D eigenvalue weighted by atomic mass is 10.1. The van der Waals surface area contributed by atoms with Crippen molar-refractivity contribution in [3.05, 3.63) is 36.5 Å². The third-order valence-corrected chi connectivity index (χ3v) is 2.50. The van der Waals surface area contributed by atoms with E-state index >= 15 is 0 Å². The first-order chi connectivity index (χ1) is 8.26. The number of anilines is 1. The van der Waals surface area contributed by atoms with Gasteiger partial charge in [0.1, 0.15) is 17.3 Å². The van der Waals surface area contributed by atoms with Gasteiger partial charge >= 0.3 is 0 Å². The lowest BCUT2D eigenvalue weighted by Crippen LogP contribution is -1.94. The van der Waals surface area contributed by atoms with E-state index in [9.17, 15) is 0 Å². The molecule has 0 spiro atoms. The minimum atomic E-state index is 0.489. The zero-order valence-corrected chi connectivity index (χ0v) is 9.81. The molecule has 88 valence electrons. The van der Waals surface area contributed by atoms with Crippen LogP contribution >= 0.6 is 0 Å². The summed E-state index contributed by atoms with van der Waals surface area (Å²) in [5.74, 6) is 1.98. The number of nitrogen functional groups attached to an aromatic ring is 1. The van der Waals surface area contributed by atoms with Crippen molar-refractivity contribution < 1.29 is 9.47 Å². The molecule has 2 rings (SSSR count). The Labute approximate surface area is 100 Å². The predicted octanol–water partition coefficient (Wildman–Crippen LogP) is 2.35. The van der Waals surface area contributed by atoms with Crippen LogP contribution in [-0.4, -0.2) is 19.2 Å². The molecule has 0 radical (unpaired) electrons. The number of nitrogens with two attached hydrogens (primary N) is 1. The smallest absolute Gasteiger partial charge is 0.130 e. The quantitative estimate of drug-likeness (QED) is 0.879. The van der Waals surface area contributed by atoms with Gasteiger partial charge in [-0.3, -0.25) is 0 Å². The van der Waals surface area contributed by atoms with Gasteiger partial charge in [-0.1, -0.05) is 6.07 Å². The molecule has 0 saturated heterocycles. The van der Waals surface area contributed by atoms with Crippen molar-refractivity contribution >= 4 is 5.82 Å². The first kappa shape index (κ1) is 11.3. The van der Waals surface area contributed by atoms with Crippen LogP contribution in [0.4, 0.5) is 5.82 Å². The van der Waals surface area contributed by atoms with Gasteiger partial charge in [0.2, 0.25) is 0 Å². The van der Waals surface area contributed by atoms with E-state index in [1.54, 1.807) is 26.5 Å². The standard InChI is InChI=1S/C13H14N2O2/c1-16-10-4-3-5-11(17-2)13(10)9-6-7-12(14)15-8-9/h3-8H,1-2H3,(H2,14,15). The summed E-state index contributed by atoms with van der Waals surface area (Å²) >= 11 is 0. The number of nitrogens with zero attached hydrogens (tertiary/aromatic N) is 1. The fourth-order valence-electron chi connectivity index (χ4n) is 1.69. The number of rotatable bonds is 3. The second kappa shape index (κ2) is 4.74. The molecule has 2 N–H and O–H groups in total. The molecule has 4 nitrogen and oxygen atoms in total. The third-order valence-electron chi connectivity index (χ3n) is 2.50. The van der Waals surface area contributed by atoms with E-state index < -0.39 is 0 Å². The van der Waals surface area contributed by atoms with Crippen molar-refractivity contribution in [1.29, 1.82) is 0 Å². The molecule has 0 aliphatic carbocycles. The average molecular weight is 230 g/mol. The minimum absolute atomic E-state index is 0.489. The van der Waals surface area contributed by atoms with Gasteiger partial charge in [0, 0.05) is 11.8 Å². The van der Waals surface area contributed by atoms with Gasteiger partial charge in [0.05, 0.1) is 19.8 Å². The molecule has 17 heavy (non-hydrogen) atoms. The number of methoxy groups -OCH3 is 2. The van der Waals surface area contributed by atoms with Crippen LogP contribution in [0.3, 0.4) is 0 Å². The molecule has 4 heteroatoms. The maximum Gasteiger partial charge on any atom is 0.130 e. The van der Waals surface area contributed by atoms with Gasteiger partial charge in [-0.25, -0.2) is 4.98 Å². The largest absolute Gasteiger partial charge is 0.496 e. The summed E-state index contributed by atoms with van der Waals surface area (Å²) in [7, 11) is 3.26. The second-order valence-electron chi connectivity index (χ2n) is 3.51. The Morgan fingerprint density at radius 3 is 2.12 bits per heavy atom. The molecule has 0 fully saturated rings. The average Bonchev–Trinajstić information content (AvgIpc) is 2.38. The van der Waals surface area contributed by atoms with Crippen molar-refractivity contribution in [3.8, 4) is 22.6 Å². The van der Waals surface area contributed by atoms with Crippen LogP contribution in [-0.2, 0) is 0 Å². The summed E-state index contributed by atoms with van der Waals surface area (Å²) in [5.41, 5.74) is 7.36. The topological polar surface area (TPSA) is 57.4 Å². The SMILES string of the molecule is COc1cccc(OC)c1-c1ccc(N)nc1. The number of pyridine rings is 1. The summed E-state index contributed by atoms with van der Waals surface area (Å²) in [6.07, 6.45) is 1.70. The number of hydrogen-bond acceptors (Lipinski definition) is 4. The Kier molecular flexibility index (Phi) is 3.14. The van der Waals surface area contributed by atoms with Crippen LogP contribution in [0.1, 0.15) is 0 Å². The summed E-state index contributed by atoms with van der Waals surface area (Å²) < 4.78 is 10.7. The predicted molar refractivity (Wildman–Crippen MR) is 67.2 cm³/mol. The van der Waals surface area contributed by atoms with Crippen LogP contribution in [0, 0.1) is 0 Å². The molecule has 1 aromatic carbocycles. The van der Waals surface area contributed by atoms with Gasteiger partial charge in [0.25, 0.3) is 0 Å². The molecule has 0 atom stereocenters. The van der Waals surface area contributed by atoms with Crippen molar-refractivity contribution in [2.75, 3.05) is 20.0 Å². The highest BCUT2D eigenvalue weighted by atomic mass is 16.5. The Morgan fingerprint density at radius 2 is 1.65 bits per heavy atom. The lowest BCUT2D eigenvalue weighted by molar-refractivity contribution is 0.397. The van der Waals surface area contributed by atoms with E-state index in [1.165, 1.54) is 0 Å². The molecular weight excluding hydrogens is 216 g/mol. The molecule has 0 bridgehead atoms. The molecule has 0 aliphatic rings. The van der Waals surface area contributed by atoms with E-state index in [0.29, 0.717) is 5.82 Å². The fourth-order valence-corrected chi connectivity index (χ4v) is 1.69. The highest BCUT2D eigenvalue weighted by Gasteiger charge is 2.12. The Morgan fingerprint density at radius 1 is 1.00 bits per heavy atom. The lowest BCUT2D eigenvalue weighted by Gasteiger charge is -2.12. The summed E-state index contributed by atoms with van der Waals surface area (Å²) in [6.45, 7) is 0. The number of hydrogen-bond donors (Lipinski definition) is 1. The zero-order valence-electron chi connectivity index (χ0n) is 9.81. The van der Waals surface area contributed by atoms with Gasteiger partial charge in [-0.2, -0.15) is 0 Å². The van der Waals surface area contributed by atoms with E-state index in [2.05, 4.69) is 4.98 Å². The van der Waals surface area contributed by atoms with Crippen molar-refractivity contribution in [2.24, 2.45) is 0 Å². The molecule has 0 amide bonds. The van der Waals surface area contributed by atoms with Crippen molar-refractivity contribution in [2.45, 2.75) is 0 Å². The Bertz CT molecular complexity index is 487. The molecule has 1 heterocycles. The molecule has 0 aliphatic heterocycles. The number of ether oxygens (including phenoxy) is 2. The van der Waals surface area contributed by atoms with Crippen LogP contribution in [0.5, 0.6) is 11.5 Å². The molecular formula is C13H14N2O2. The molecule has 1 aromatic heterocycles. The number of aromatic nitrogens is 1. The Hall–Kier alpha value is -2.23. The monoisotopic (exact) mass is 230 g/mol. The van der Waals surface area contributed by atoms with Gasteiger partial charge < -0.3 is 15.2 Å². The maximum absolute atomic E-state index is 5.57. The fraction of sp³-hybridized carbons (Fsp3) is 0.154. The Balaban J connectivity index is 2.59. The highest BCUT2D eigenvalue weighted by molar-refractivity contribution is 5.76. The van der Waals surface area contributed by atoms with E-state index in [1.807, 2.05) is 24.3 Å². The summed E-state index contributed by atoms with van der Waals surface area (Å²) in [4.78, 5) is 4.07. The molecule has 0 unspecified atom stereocenters. The summed E-state index contributed by atoms with van der Waals surface area (Å²) in [6, 6.07) is 9.29. The minimum Gasteiger partial charge on any atom is -0.496 e. The number of benzene rings is 1. The molecule has 2 aromatic rings. The van der Waals surface area contributed by atoms with E-state index in [-0.39, 0.29) is 0 Å². The van der Waals surface area contributed by atoms with Crippen molar-refractivity contribution in [1.82, 2.24) is 4.98 Å². The zero-order chi connectivity index (χ0) is 12.3. The van der Waals surface area contributed by atoms with Crippen LogP contribution in [0.15, 0.2) is 36.5 Å². The van der Waals surface area contributed by atoms with Gasteiger partial charge in [-0.15, -0.1) is 0 Å². The highest BCUT2D eigenvalue weighted by Crippen LogP contribution is 2.37. The first-order valence-corrected chi connectivity index (χ1v) is 5.19. The maximum atomic E-state index is 5.57.